The lowest BCUT2D eigenvalue weighted by Gasteiger charge is -2.35. The Bertz CT molecular complexity index is 1220. The number of aryl methyl sites for hydroxylation is 1. The number of rotatable bonds is 7. The number of carbonyl (C=O) groups excluding carboxylic acids is 1. The van der Waals surface area contributed by atoms with Gasteiger partial charge in [-0.3, -0.25) is 9.52 Å². The van der Waals surface area contributed by atoms with Gasteiger partial charge in [-0.05, 0) is 84.5 Å². The van der Waals surface area contributed by atoms with Gasteiger partial charge in [-0.25, -0.2) is 8.42 Å². The van der Waals surface area contributed by atoms with E-state index in [0.29, 0.717) is 25.4 Å². The molecular weight excluding hydrogens is 530 g/mol. The molecule has 2 N–H and O–H groups in total. The first-order valence-corrected chi connectivity index (χ1v) is 15.5. The van der Waals surface area contributed by atoms with Gasteiger partial charge in [-0.15, -0.1) is 0 Å². The summed E-state index contributed by atoms with van der Waals surface area (Å²) >= 11 is 0. The van der Waals surface area contributed by atoms with Crippen molar-refractivity contribution in [2.75, 3.05) is 45.1 Å². The Morgan fingerprint density at radius 3 is 2.48 bits per heavy atom. The third-order valence-electron chi connectivity index (χ3n) is 7.18. The van der Waals surface area contributed by atoms with E-state index in [-0.39, 0.29) is 46.8 Å². The Labute approximate surface area is 239 Å². The summed E-state index contributed by atoms with van der Waals surface area (Å²) in [6.45, 7) is 9.16. The number of aliphatic hydroxyl groups is 1. The number of hydrogen-bond acceptors (Lipinski definition) is 7. The third-order valence-corrected chi connectivity index (χ3v) is 8.58. The summed E-state index contributed by atoms with van der Waals surface area (Å²) in [6, 6.07) is 10.9. The number of ether oxygens (including phenoxy) is 2. The summed E-state index contributed by atoms with van der Waals surface area (Å²) in [5, 5.41) is 10.1. The lowest BCUT2D eigenvalue weighted by molar-refractivity contribution is -0.0137. The number of sulfonamides is 1. The molecule has 9 nitrogen and oxygen atoms in total. The first kappa shape index (κ1) is 31.9. The molecule has 4 atom stereocenters. The molecule has 1 aliphatic heterocycles. The lowest BCUT2D eigenvalue weighted by atomic mass is 10.0. The zero-order valence-corrected chi connectivity index (χ0v) is 25.4. The maximum atomic E-state index is 14.1. The number of hydrogen-bond donors (Lipinski definition) is 2. The van der Waals surface area contributed by atoms with Gasteiger partial charge in [0.05, 0.1) is 35.3 Å². The van der Waals surface area contributed by atoms with Gasteiger partial charge in [0.1, 0.15) is 5.75 Å². The van der Waals surface area contributed by atoms with Crippen molar-refractivity contribution in [2.24, 2.45) is 5.92 Å². The Kier molecular flexibility index (Phi) is 11.4. The second-order valence-corrected chi connectivity index (χ2v) is 12.9. The predicted octanol–water partition coefficient (Wildman–Crippen LogP) is 4.15. The first-order chi connectivity index (χ1) is 18.9. The van der Waals surface area contributed by atoms with Crippen molar-refractivity contribution in [3.05, 3.63) is 53.6 Å². The first-order valence-electron chi connectivity index (χ1n) is 14.0. The minimum absolute atomic E-state index is 0.0187. The van der Waals surface area contributed by atoms with Crippen LogP contribution in [0.2, 0.25) is 0 Å². The summed E-state index contributed by atoms with van der Waals surface area (Å²) in [5.41, 5.74) is 1.45. The molecule has 0 bridgehead atoms. The Morgan fingerprint density at radius 1 is 1.12 bits per heavy atom. The van der Waals surface area contributed by atoms with Gasteiger partial charge in [-0.1, -0.05) is 24.6 Å². The molecule has 3 rings (SSSR count). The number of aliphatic hydroxyl groups excluding tert-OH is 1. The van der Waals surface area contributed by atoms with Crippen LogP contribution in [-0.2, 0) is 14.8 Å². The summed E-state index contributed by atoms with van der Waals surface area (Å²) < 4.78 is 41.3. The molecule has 0 unspecified atom stereocenters. The topological polar surface area (TPSA) is 108 Å². The summed E-state index contributed by atoms with van der Waals surface area (Å²) in [5.74, 6) is 0.0270. The summed E-state index contributed by atoms with van der Waals surface area (Å²) in [4.78, 5) is 18.0. The molecule has 0 saturated carbocycles. The van der Waals surface area contributed by atoms with E-state index >= 15 is 0 Å². The molecule has 1 amide bonds. The van der Waals surface area contributed by atoms with Gasteiger partial charge >= 0.3 is 0 Å². The number of nitrogens with zero attached hydrogens (tertiary/aromatic N) is 2. The maximum Gasteiger partial charge on any atom is 0.261 e. The van der Waals surface area contributed by atoms with E-state index in [2.05, 4.69) is 16.5 Å². The fraction of sp³-hybridized carbons (Fsp3) is 0.567. The zero-order valence-electron chi connectivity index (χ0n) is 24.6. The van der Waals surface area contributed by atoms with Crippen molar-refractivity contribution >= 4 is 21.6 Å². The normalized spacial score (nSPS) is 22.2. The van der Waals surface area contributed by atoms with Crippen LogP contribution in [0, 0.1) is 12.8 Å². The number of benzene rings is 2. The fourth-order valence-corrected chi connectivity index (χ4v) is 5.79. The highest BCUT2D eigenvalue weighted by Crippen LogP contribution is 2.29. The highest BCUT2D eigenvalue weighted by atomic mass is 32.2. The van der Waals surface area contributed by atoms with Crippen molar-refractivity contribution in [1.82, 2.24) is 9.80 Å². The van der Waals surface area contributed by atoms with Gasteiger partial charge in [0.15, 0.2) is 0 Å². The van der Waals surface area contributed by atoms with Gasteiger partial charge in [-0.2, -0.15) is 0 Å². The number of fused-ring (bicyclic) bond motifs is 1. The fourth-order valence-electron chi connectivity index (χ4n) is 4.74. The Morgan fingerprint density at radius 2 is 1.82 bits per heavy atom. The molecule has 2 aromatic rings. The molecule has 1 heterocycles. The van der Waals surface area contributed by atoms with E-state index in [1.54, 1.807) is 48.2 Å². The highest BCUT2D eigenvalue weighted by molar-refractivity contribution is 7.92. The minimum Gasteiger partial charge on any atom is -0.490 e. The average molecular weight is 576 g/mol. The average Bonchev–Trinajstić information content (AvgIpc) is 2.90. The summed E-state index contributed by atoms with van der Waals surface area (Å²) in [6.07, 6.45) is 2.33. The molecule has 2 aromatic carbocycles. The predicted molar refractivity (Wildman–Crippen MR) is 157 cm³/mol. The van der Waals surface area contributed by atoms with Crippen LogP contribution in [0.1, 0.15) is 56.0 Å². The SMILES string of the molecule is Cc1ccc(S(=O)(=O)Nc2ccc3c(c2)C(=O)N([C@@H](C)CO)C[C@@H](C)[C@@H](CN(C)C)OCCCC[C@H](C)O3)cc1. The molecular formula is C30H45N3O6S. The Balaban J connectivity index is 2.02. The second kappa shape index (κ2) is 14.3. The number of anilines is 1. The van der Waals surface area contributed by atoms with Crippen molar-refractivity contribution < 1.29 is 27.8 Å². The van der Waals surface area contributed by atoms with Crippen LogP contribution in [0.5, 0.6) is 5.75 Å². The molecule has 222 valence electrons. The van der Waals surface area contributed by atoms with E-state index in [4.69, 9.17) is 9.47 Å². The number of amides is 1. The van der Waals surface area contributed by atoms with E-state index in [1.165, 1.54) is 6.07 Å². The molecule has 1 aliphatic rings. The van der Waals surface area contributed by atoms with Crippen LogP contribution >= 0.6 is 0 Å². The monoisotopic (exact) mass is 575 g/mol. The molecule has 0 spiro atoms. The quantitative estimate of drug-likeness (QED) is 0.511. The lowest BCUT2D eigenvalue weighted by Crippen LogP contribution is -2.47. The molecule has 0 aromatic heterocycles. The van der Waals surface area contributed by atoms with Gasteiger partial charge in [0.2, 0.25) is 0 Å². The van der Waals surface area contributed by atoms with Gasteiger partial charge < -0.3 is 24.4 Å². The standard InChI is InChI=1S/C30H45N3O6S/c1-21-10-13-26(14-11-21)40(36,37)31-25-12-15-28-27(17-25)30(35)33(23(3)20-34)18-22(2)29(19-32(5)6)38-16-8-7-9-24(4)39-28/h10-15,17,22-24,29,31,34H,7-9,16,18-20H2,1-6H3/t22-,23+,24+,29-/m1/s1. The van der Waals surface area contributed by atoms with Gasteiger partial charge in [0, 0.05) is 31.3 Å². The van der Waals surface area contributed by atoms with E-state index in [1.807, 2.05) is 27.9 Å². The minimum atomic E-state index is -3.87. The molecule has 0 radical (unpaired) electrons. The van der Waals surface area contributed by atoms with Crippen LogP contribution < -0.4 is 9.46 Å². The number of likely N-dealkylation sites (N-methyl/N-ethyl adjacent to an activating group) is 1. The van der Waals surface area contributed by atoms with E-state index in [9.17, 15) is 18.3 Å². The maximum absolute atomic E-state index is 14.1. The second-order valence-electron chi connectivity index (χ2n) is 11.2. The Hall–Kier alpha value is -2.66. The number of carbonyl (C=O) groups is 1. The van der Waals surface area contributed by atoms with Crippen LogP contribution in [0.15, 0.2) is 47.4 Å². The van der Waals surface area contributed by atoms with Gasteiger partial charge in [0.25, 0.3) is 15.9 Å². The summed E-state index contributed by atoms with van der Waals surface area (Å²) in [7, 11) is 0.118. The van der Waals surface area contributed by atoms with Crippen LogP contribution in [0.4, 0.5) is 5.69 Å². The highest BCUT2D eigenvalue weighted by Gasteiger charge is 2.30. The van der Waals surface area contributed by atoms with Crippen LogP contribution in [0.3, 0.4) is 0 Å². The van der Waals surface area contributed by atoms with Crippen LogP contribution in [-0.4, -0.2) is 87.9 Å². The molecule has 0 fully saturated rings. The third kappa shape index (κ3) is 8.67. The largest absolute Gasteiger partial charge is 0.490 e. The van der Waals surface area contributed by atoms with E-state index < -0.39 is 16.1 Å². The van der Waals surface area contributed by atoms with Crippen molar-refractivity contribution in [2.45, 2.75) is 70.1 Å². The van der Waals surface area contributed by atoms with Crippen molar-refractivity contribution in [3.63, 3.8) is 0 Å². The molecule has 10 heteroatoms. The van der Waals surface area contributed by atoms with Crippen LogP contribution in [0.25, 0.3) is 0 Å². The smallest absolute Gasteiger partial charge is 0.261 e. The number of nitrogens with one attached hydrogen (secondary N) is 1. The van der Waals surface area contributed by atoms with E-state index in [0.717, 1.165) is 24.8 Å². The molecule has 0 aliphatic carbocycles. The molecule has 40 heavy (non-hydrogen) atoms. The molecule has 0 saturated heterocycles. The zero-order chi connectivity index (χ0) is 29.4. The van der Waals surface area contributed by atoms with Crippen molar-refractivity contribution in [1.29, 1.82) is 0 Å². The van der Waals surface area contributed by atoms with Crippen molar-refractivity contribution in [3.8, 4) is 5.75 Å².